The van der Waals surface area contributed by atoms with Gasteiger partial charge in [-0.3, -0.25) is 4.90 Å². The second-order valence-electron chi connectivity index (χ2n) is 7.04. The maximum atomic E-state index is 12.9. The van der Waals surface area contributed by atoms with E-state index < -0.39 is 12.0 Å². The monoisotopic (exact) mass is 435 g/mol. The van der Waals surface area contributed by atoms with Crippen molar-refractivity contribution < 1.29 is 23.8 Å². The summed E-state index contributed by atoms with van der Waals surface area (Å²) >= 11 is 1.91. The van der Waals surface area contributed by atoms with Gasteiger partial charge in [-0.15, -0.1) is 0 Å². The molecule has 0 bridgehead atoms. The number of nitrogens with one attached hydrogen (secondary N) is 2. The second kappa shape index (κ2) is 10.7. The molecule has 30 heavy (non-hydrogen) atoms. The Labute approximate surface area is 181 Å². The van der Waals surface area contributed by atoms with Crippen molar-refractivity contribution in [2.45, 2.75) is 19.6 Å². The highest BCUT2D eigenvalue weighted by Gasteiger charge is 2.34. The molecule has 2 aliphatic heterocycles. The van der Waals surface area contributed by atoms with Crippen LogP contribution in [0.5, 0.6) is 5.75 Å². The average molecular weight is 436 g/mol. The number of esters is 1. The molecule has 0 spiro atoms. The highest BCUT2D eigenvalue weighted by molar-refractivity contribution is 7.99. The number of thioether (sulfide) groups is 1. The van der Waals surface area contributed by atoms with Gasteiger partial charge in [0.15, 0.2) is 0 Å². The van der Waals surface area contributed by atoms with Crippen LogP contribution in [0.25, 0.3) is 0 Å². The van der Waals surface area contributed by atoms with Crippen molar-refractivity contribution in [3.8, 4) is 5.75 Å². The summed E-state index contributed by atoms with van der Waals surface area (Å²) in [4.78, 5) is 27.7. The van der Waals surface area contributed by atoms with E-state index in [0.717, 1.165) is 35.7 Å². The van der Waals surface area contributed by atoms with Crippen LogP contribution in [-0.2, 0) is 20.9 Å². The Kier molecular flexibility index (Phi) is 8.01. The van der Waals surface area contributed by atoms with Gasteiger partial charge in [0.05, 0.1) is 31.9 Å². The number of carbonyl (C=O) groups excluding carboxylic acids is 2. The van der Waals surface area contributed by atoms with Crippen molar-refractivity contribution >= 4 is 23.8 Å². The lowest BCUT2D eigenvalue weighted by molar-refractivity contribution is -0.139. The predicted octanol–water partition coefficient (Wildman–Crippen LogP) is 2.06. The zero-order valence-corrected chi connectivity index (χ0v) is 18.5. The largest absolute Gasteiger partial charge is 0.496 e. The van der Waals surface area contributed by atoms with E-state index in [1.807, 2.05) is 30.0 Å². The Morgan fingerprint density at radius 2 is 2.03 bits per heavy atom. The summed E-state index contributed by atoms with van der Waals surface area (Å²) in [6.07, 6.45) is 0. The Balaban J connectivity index is 2.01. The van der Waals surface area contributed by atoms with Gasteiger partial charge in [-0.25, -0.2) is 9.59 Å². The fourth-order valence-corrected chi connectivity index (χ4v) is 4.65. The SMILES string of the molecule is CCOC(=O)C1=C(CN2CCSCC2)NC(=O)N[C@H]1c1ccc(OC)c(COC)c1. The fourth-order valence-electron chi connectivity index (χ4n) is 3.67. The molecule has 0 aromatic heterocycles. The summed E-state index contributed by atoms with van der Waals surface area (Å²) in [7, 11) is 3.21. The maximum absolute atomic E-state index is 12.9. The number of hydrogen-bond donors (Lipinski definition) is 2. The molecule has 1 atom stereocenters. The summed E-state index contributed by atoms with van der Waals surface area (Å²) in [5, 5.41) is 5.73. The molecule has 8 nitrogen and oxygen atoms in total. The lowest BCUT2D eigenvalue weighted by Crippen LogP contribution is -2.49. The van der Waals surface area contributed by atoms with Crippen LogP contribution < -0.4 is 15.4 Å². The number of ether oxygens (including phenoxy) is 3. The minimum Gasteiger partial charge on any atom is -0.496 e. The maximum Gasteiger partial charge on any atom is 0.338 e. The molecular weight excluding hydrogens is 406 g/mol. The van der Waals surface area contributed by atoms with Crippen LogP contribution in [0.4, 0.5) is 4.79 Å². The first-order chi connectivity index (χ1) is 14.6. The van der Waals surface area contributed by atoms with E-state index in [0.29, 0.717) is 30.2 Å². The van der Waals surface area contributed by atoms with Crippen LogP contribution in [0.15, 0.2) is 29.5 Å². The molecule has 2 amide bonds. The van der Waals surface area contributed by atoms with E-state index in [1.54, 1.807) is 21.1 Å². The summed E-state index contributed by atoms with van der Waals surface area (Å²) in [6.45, 7) is 4.71. The normalized spacial score (nSPS) is 19.8. The highest BCUT2D eigenvalue weighted by atomic mass is 32.2. The van der Waals surface area contributed by atoms with Gasteiger partial charge in [0.25, 0.3) is 0 Å². The van der Waals surface area contributed by atoms with Gasteiger partial charge in [-0.2, -0.15) is 11.8 Å². The predicted molar refractivity (Wildman–Crippen MR) is 116 cm³/mol. The molecule has 0 unspecified atom stereocenters. The number of amides is 2. The van der Waals surface area contributed by atoms with E-state index in [4.69, 9.17) is 14.2 Å². The molecule has 2 N–H and O–H groups in total. The molecule has 2 aliphatic rings. The molecule has 0 radical (unpaired) electrons. The van der Waals surface area contributed by atoms with Crippen molar-refractivity contribution in [1.29, 1.82) is 0 Å². The number of hydrogen-bond acceptors (Lipinski definition) is 7. The first kappa shape index (κ1) is 22.5. The molecule has 2 heterocycles. The third-order valence-electron chi connectivity index (χ3n) is 5.07. The molecule has 0 saturated carbocycles. The second-order valence-corrected chi connectivity index (χ2v) is 8.26. The molecular formula is C21H29N3O5S. The molecule has 1 saturated heterocycles. The lowest BCUT2D eigenvalue weighted by Gasteiger charge is -2.33. The number of nitrogens with zero attached hydrogens (tertiary/aromatic N) is 1. The van der Waals surface area contributed by atoms with E-state index >= 15 is 0 Å². The first-order valence-electron chi connectivity index (χ1n) is 10.0. The van der Waals surface area contributed by atoms with Crippen LogP contribution >= 0.6 is 11.8 Å². The van der Waals surface area contributed by atoms with Crippen molar-refractivity contribution in [1.82, 2.24) is 15.5 Å². The number of methoxy groups -OCH3 is 2. The van der Waals surface area contributed by atoms with Crippen LogP contribution in [0.1, 0.15) is 24.1 Å². The molecule has 1 fully saturated rings. The van der Waals surface area contributed by atoms with Crippen LogP contribution in [-0.4, -0.2) is 68.9 Å². The molecule has 164 valence electrons. The standard InChI is InChI=1S/C21H29N3O5S/c1-4-29-20(25)18-16(12-24-7-9-30-10-8-24)22-21(26)23-19(18)14-5-6-17(28-3)15(11-14)13-27-2/h5-6,11,19H,4,7-10,12-13H2,1-3H3,(H2,22,23,26)/t19-/m0/s1. The van der Waals surface area contributed by atoms with Crippen LogP contribution in [0.3, 0.4) is 0 Å². The molecule has 1 aromatic rings. The van der Waals surface area contributed by atoms with Crippen molar-refractivity contribution in [2.75, 3.05) is 52.0 Å². The molecule has 1 aromatic carbocycles. The minimum atomic E-state index is -0.617. The number of benzene rings is 1. The molecule has 9 heteroatoms. The quantitative estimate of drug-likeness (QED) is 0.604. The molecule has 3 rings (SSSR count). The van der Waals surface area contributed by atoms with Gasteiger partial charge in [0.1, 0.15) is 5.75 Å². The third-order valence-corrected chi connectivity index (χ3v) is 6.01. The topological polar surface area (TPSA) is 89.1 Å². The summed E-state index contributed by atoms with van der Waals surface area (Å²) in [5.41, 5.74) is 2.64. The third kappa shape index (κ3) is 5.27. The zero-order valence-electron chi connectivity index (χ0n) is 17.7. The van der Waals surface area contributed by atoms with Gasteiger partial charge in [0.2, 0.25) is 0 Å². The van der Waals surface area contributed by atoms with Crippen LogP contribution in [0, 0.1) is 0 Å². The van der Waals surface area contributed by atoms with Crippen LogP contribution in [0.2, 0.25) is 0 Å². The number of urea groups is 1. The smallest absolute Gasteiger partial charge is 0.338 e. The Bertz CT molecular complexity index is 808. The Morgan fingerprint density at radius 3 is 2.70 bits per heavy atom. The van der Waals surface area contributed by atoms with E-state index in [9.17, 15) is 9.59 Å². The summed E-state index contributed by atoms with van der Waals surface area (Å²) in [6, 6.07) is 4.62. The van der Waals surface area contributed by atoms with Gasteiger partial charge in [-0.1, -0.05) is 6.07 Å². The van der Waals surface area contributed by atoms with Crippen molar-refractivity contribution in [2.24, 2.45) is 0 Å². The number of carbonyl (C=O) groups is 2. The van der Waals surface area contributed by atoms with Crippen molar-refractivity contribution in [3.05, 3.63) is 40.6 Å². The summed E-state index contributed by atoms with van der Waals surface area (Å²) in [5.74, 6) is 2.33. The fraction of sp³-hybridized carbons (Fsp3) is 0.524. The first-order valence-corrected chi connectivity index (χ1v) is 11.2. The Morgan fingerprint density at radius 1 is 1.27 bits per heavy atom. The Hall–Kier alpha value is -2.23. The highest BCUT2D eigenvalue weighted by Crippen LogP contribution is 2.31. The van der Waals surface area contributed by atoms with Gasteiger partial charge in [-0.05, 0) is 24.6 Å². The minimum absolute atomic E-state index is 0.258. The number of rotatable bonds is 8. The lowest BCUT2D eigenvalue weighted by atomic mass is 9.93. The van der Waals surface area contributed by atoms with E-state index in [1.165, 1.54) is 0 Å². The van der Waals surface area contributed by atoms with Gasteiger partial charge >= 0.3 is 12.0 Å². The van der Waals surface area contributed by atoms with Gasteiger partial charge in [0, 0.05) is 49.5 Å². The van der Waals surface area contributed by atoms with E-state index in [-0.39, 0.29) is 12.6 Å². The van der Waals surface area contributed by atoms with Gasteiger partial charge < -0.3 is 24.8 Å². The zero-order chi connectivity index (χ0) is 21.5. The summed E-state index contributed by atoms with van der Waals surface area (Å²) < 4.78 is 16.0. The van der Waals surface area contributed by atoms with Crippen molar-refractivity contribution in [3.63, 3.8) is 0 Å². The molecule has 0 aliphatic carbocycles. The van der Waals surface area contributed by atoms with E-state index in [2.05, 4.69) is 15.5 Å². The average Bonchev–Trinajstić information content (AvgIpc) is 2.74.